The number of alkyl halides is 2. The molecule has 0 aliphatic heterocycles. The quantitative estimate of drug-likeness (QED) is 0.270. The van der Waals surface area contributed by atoms with Gasteiger partial charge in [-0.2, -0.15) is 8.78 Å². The van der Waals surface area contributed by atoms with Crippen molar-refractivity contribution in [2.45, 2.75) is 45.2 Å². The summed E-state index contributed by atoms with van der Waals surface area (Å²) in [6.45, 7) is 3.59. The fourth-order valence-electron chi connectivity index (χ4n) is 3.48. The molecule has 14 heteroatoms. The minimum atomic E-state index is -4.40. The van der Waals surface area contributed by atoms with Crippen molar-refractivity contribution in [3.8, 4) is 5.75 Å². The molecule has 8 nitrogen and oxygen atoms in total. The van der Waals surface area contributed by atoms with Gasteiger partial charge in [0.1, 0.15) is 11.8 Å². The van der Waals surface area contributed by atoms with Crippen molar-refractivity contribution in [3.05, 3.63) is 62.1 Å². The second-order valence-electron chi connectivity index (χ2n) is 8.99. The zero-order valence-corrected chi connectivity index (χ0v) is 24.7. The van der Waals surface area contributed by atoms with Crippen molar-refractivity contribution in [1.82, 2.24) is 16.0 Å². The lowest BCUT2D eigenvalue weighted by atomic mass is 9.94. The summed E-state index contributed by atoms with van der Waals surface area (Å²) in [6, 6.07) is 5.72. The number of nitrogens with one attached hydrogen (secondary N) is 3. The van der Waals surface area contributed by atoms with Crippen LogP contribution < -0.4 is 20.7 Å². The lowest BCUT2D eigenvalue weighted by molar-refractivity contribution is -0.161. The molecule has 40 heavy (non-hydrogen) atoms. The summed E-state index contributed by atoms with van der Waals surface area (Å²) in [5, 5.41) is 7.61. The van der Waals surface area contributed by atoms with Gasteiger partial charge in [0, 0.05) is 23.0 Å². The minimum absolute atomic E-state index is 0.123. The second kappa shape index (κ2) is 14.8. The predicted molar refractivity (Wildman–Crippen MR) is 149 cm³/mol. The van der Waals surface area contributed by atoms with E-state index >= 15 is 0 Å². The molecule has 0 saturated carbocycles. The van der Waals surface area contributed by atoms with Crippen molar-refractivity contribution in [3.63, 3.8) is 0 Å². The third-order valence-electron chi connectivity index (χ3n) is 5.46. The van der Waals surface area contributed by atoms with Gasteiger partial charge in [0.15, 0.2) is 6.61 Å². The van der Waals surface area contributed by atoms with Gasteiger partial charge < -0.3 is 20.7 Å². The molecule has 2 unspecified atom stereocenters. The second-order valence-corrected chi connectivity index (χ2v) is 10.7. The molecule has 218 valence electrons. The van der Waals surface area contributed by atoms with E-state index in [4.69, 9.17) is 51.1 Å². The highest BCUT2D eigenvalue weighted by molar-refractivity contribution is 6.42. The first-order chi connectivity index (χ1) is 18.6. The zero-order valence-electron chi connectivity index (χ0n) is 21.6. The first-order valence-corrected chi connectivity index (χ1v) is 13.5. The molecule has 3 N–H and O–H groups in total. The van der Waals surface area contributed by atoms with E-state index in [-0.39, 0.29) is 38.8 Å². The summed E-state index contributed by atoms with van der Waals surface area (Å²) < 4.78 is 34.5. The Kier molecular flexibility index (Phi) is 12.4. The van der Waals surface area contributed by atoms with Crippen LogP contribution in [0.4, 0.5) is 8.78 Å². The van der Waals surface area contributed by atoms with Crippen molar-refractivity contribution in [1.29, 1.82) is 0 Å². The van der Waals surface area contributed by atoms with Gasteiger partial charge in [0.05, 0.1) is 16.1 Å². The Morgan fingerprint density at radius 1 is 0.925 bits per heavy atom. The van der Waals surface area contributed by atoms with Gasteiger partial charge >= 0.3 is 5.92 Å². The van der Waals surface area contributed by atoms with E-state index in [1.807, 2.05) is 5.32 Å². The minimum Gasteiger partial charge on any atom is -0.484 e. The third kappa shape index (κ3) is 9.47. The van der Waals surface area contributed by atoms with Crippen molar-refractivity contribution >= 4 is 69.9 Å². The Bertz CT molecular complexity index is 1240. The third-order valence-corrected chi connectivity index (χ3v) is 6.64. The van der Waals surface area contributed by atoms with Gasteiger partial charge in [-0.15, -0.1) is 0 Å². The van der Waals surface area contributed by atoms with Crippen LogP contribution in [-0.2, 0) is 25.6 Å². The van der Waals surface area contributed by atoms with E-state index in [9.17, 15) is 28.0 Å². The van der Waals surface area contributed by atoms with Gasteiger partial charge in [-0.25, -0.2) is 0 Å². The largest absolute Gasteiger partial charge is 0.484 e. The molecule has 0 radical (unpaired) electrons. The smallest absolute Gasteiger partial charge is 0.383 e. The Balaban J connectivity index is 2.27. The van der Waals surface area contributed by atoms with E-state index in [0.717, 1.165) is 0 Å². The summed E-state index contributed by atoms with van der Waals surface area (Å²) in [5.74, 6) is -10.3. The number of ether oxygens (including phenoxy) is 1. The van der Waals surface area contributed by atoms with Gasteiger partial charge in [0.2, 0.25) is 11.7 Å². The van der Waals surface area contributed by atoms with E-state index in [1.54, 1.807) is 6.07 Å². The van der Waals surface area contributed by atoms with Crippen LogP contribution in [0.15, 0.2) is 36.4 Å². The normalized spacial score (nSPS) is 12.8. The lowest BCUT2D eigenvalue weighted by Gasteiger charge is -2.27. The monoisotopic (exact) mass is 639 g/mol. The number of rotatable bonds is 13. The molecule has 0 spiro atoms. The summed E-state index contributed by atoms with van der Waals surface area (Å²) in [7, 11) is 0. The molecule has 0 saturated heterocycles. The molecule has 2 aromatic carbocycles. The van der Waals surface area contributed by atoms with Crippen LogP contribution in [0.5, 0.6) is 5.75 Å². The highest BCUT2D eigenvalue weighted by Crippen LogP contribution is 2.25. The van der Waals surface area contributed by atoms with Gasteiger partial charge in [-0.05, 0) is 48.7 Å². The maximum atomic E-state index is 14.6. The Labute approximate surface area is 250 Å². The number of hydrogen-bond acceptors (Lipinski definition) is 5. The molecule has 0 aliphatic rings. The van der Waals surface area contributed by atoms with Crippen LogP contribution in [0.25, 0.3) is 0 Å². The van der Waals surface area contributed by atoms with E-state index in [0.29, 0.717) is 5.56 Å². The highest BCUT2D eigenvalue weighted by atomic mass is 35.5. The number of benzene rings is 2. The van der Waals surface area contributed by atoms with Crippen LogP contribution in [0.2, 0.25) is 20.1 Å². The number of Topliss-reactive ketones (excluding diaryl/α,β-unsaturated/α-hetero) is 1. The molecule has 0 aromatic heterocycles. The fraction of sp³-hybridized carbons (Fsp3) is 0.385. The molecule has 2 atom stereocenters. The van der Waals surface area contributed by atoms with Crippen LogP contribution in [0, 0.1) is 5.92 Å². The molecular formula is C26H27Cl4F2N3O5. The topological polar surface area (TPSA) is 114 Å². The molecule has 0 bridgehead atoms. The molecule has 0 heterocycles. The predicted octanol–water partition coefficient (Wildman–Crippen LogP) is 4.89. The maximum absolute atomic E-state index is 14.6. The van der Waals surface area contributed by atoms with Gasteiger partial charge in [-0.1, -0.05) is 66.3 Å². The van der Waals surface area contributed by atoms with Crippen LogP contribution >= 0.6 is 46.4 Å². The molecule has 2 aromatic rings. The molecular weight excluding hydrogens is 614 g/mol. The van der Waals surface area contributed by atoms with Gasteiger partial charge in [-0.3, -0.25) is 19.2 Å². The zero-order chi connectivity index (χ0) is 30.2. The number of hydrogen-bond donors (Lipinski definition) is 3. The van der Waals surface area contributed by atoms with Crippen LogP contribution in [0.1, 0.15) is 26.3 Å². The first-order valence-electron chi connectivity index (χ1n) is 12.0. The van der Waals surface area contributed by atoms with Crippen molar-refractivity contribution < 1.29 is 32.7 Å². The molecule has 0 fully saturated rings. The number of amides is 3. The number of halogens is 6. The standard InChI is InChI=1S/C26H27Cl4F2N3O5/c1-4-33-25(39)26(31,32)23(37)22(13(2)3)35-24(38)20(8-14-5-6-18(29)19(30)7-14)34-21(36)12-40-17-10-15(27)9-16(28)11-17/h5-7,9-11,13,20,22H,4,8,12H2,1-3H3,(H,33,39)(H,34,36)(H,35,38). The lowest BCUT2D eigenvalue weighted by Crippen LogP contribution is -2.59. The summed E-state index contributed by atoms with van der Waals surface area (Å²) >= 11 is 23.9. The van der Waals surface area contributed by atoms with E-state index in [2.05, 4.69) is 10.6 Å². The van der Waals surface area contributed by atoms with Crippen LogP contribution in [-0.4, -0.2) is 54.7 Å². The van der Waals surface area contributed by atoms with Crippen LogP contribution in [0.3, 0.4) is 0 Å². The first kappa shape index (κ1) is 33.5. The average molecular weight is 641 g/mol. The Morgan fingerprint density at radius 2 is 1.55 bits per heavy atom. The fourth-order valence-corrected chi connectivity index (χ4v) is 4.30. The Morgan fingerprint density at radius 3 is 2.10 bits per heavy atom. The van der Waals surface area contributed by atoms with Crippen molar-refractivity contribution in [2.75, 3.05) is 13.2 Å². The average Bonchev–Trinajstić information content (AvgIpc) is 2.86. The SMILES string of the molecule is CCNC(=O)C(F)(F)C(=O)C(NC(=O)C(Cc1ccc(Cl)c(Cl)c1)NC(=O)COc1cc(Cl)cc(Cl)c1)C(C)C. The van der Waals surface area contributed by atoms with Gasteiger partial charge in [0.25, 0.3) is 11.8 Å². The molecule has 2 rings (SSSR count). The van der Waals surface area contributed by atoms with E-state index < -0.39 is 54.0 Å². The summed E-state index contributed by atoms with van der Waals surface area (Å²) in [4.78, 5) is 50.5. The number of carbonyl (C=O) groups excluding carboxylic acids is 4. The number of ketones is 1. The molecule has 3 amide bonds. The maximum Gasteiger partial charge on any atom is 0.383 e. The number of carbonyl (C=O) groups is 4. The molecule has 0 aliphatic carbocycles. The Hall–Kier alpha value is -2.66. The highest BCUT2D eigenvalue weighted by Gasteiger charge is 2.51. The summed E-state index contributed by atoms with van der Waals surface area (Å²) in [6.07, 6.45) is -0.150. The van der Waals surface area contributed by atoms with E-state index in [1.165, 1.54) is 51.1 Å². The van der Waals surface area contributed by atoms with Crippen molar-refractivity contribution in [2.24, 2.45) is 5.92 Å². The summed E-state index contributed by atoms with van der Waals surface area (Å²) in [5.41, 5.74) is 0.470.